The first-order valence-electron chi connectivity index (χ1n) is 14.1. The van der Waals surface area contributed by atoms with E-state index in [9.17, 15) is 30.3 Å². The van der Waals surface area contributed by atoms with Crippen molar-refractivity contribution in [2.75, 3.05) is 6.61 Å². The number of aliphatic hydroxyl groups excluding tert-OH is 4. The summed E-state index contributed by atoms with van der Waals surface area (Å²) in [6.07, 6.45) is 3.15. The van der Waals surface area contributed by atoms with Crippen LogP contribution in [0.15, 0.2) is 11.1 Å². The molecule has 0 amide bonds. The van der Waals surface area contributed by atoms with Gasteiger partial charge in [-0.1, -0.05) is 45.8 Å². The third-order valence-electron chi connectivity index (χ3n) is 12.1. The van der Waals surface area contributed by atoms with Crippen LogP contribution in [-0.2, 0) is 4.79 Å². The Morgan fingerprint density at radius 1 is 1.06 bits per heavy atom. The third-order valence-corrected chi connectivity index (χ3v) is 12.1. The van der Waals surface area contributed by atoms with E-state index in [0.717, 1.165) is 32.1 Å². The van der Waals surface area contributed by atoms with Crippen LogP contribution in [0.1, 0.15) is 99.8 Å². The quantitative estimate of drug-likeness (QED) is 0.350. The lowest BCUT2D eigenvalue weighted by Gasteiger charge is -2.69. The Balaban J connectivity index is 1.68. The Morgan fingerprint density at radius 2 is 1.69 bits per heavy atom. The molecule has 4 aliphatic carbocycles. The lowest BCUT2D eigenvalue weighted by atomic mass is 9.35. The van der Waals surface area contributed by atoms with Gasteiger partial charge in [0.05, 0.1) is 29.8 Å². The maximum Gasteiger partial charge on any atom is 0.141 e. The fraction of sp³-hybridized carbons (Fsp3) is 0.900. The standard InChI is InChI=1S/C30H50O6/c1-17(14-21(33)25(35)26(2,3)36)18-8-12-29(6)19(18)15-20(32)24-27(4)11-10-23(34)28(5,16-31)22(27)9-13-30(24,29)7/h17,20-22,24-25,31-33,35-36H,8-16H2,1-7H3/t17-,20+,21+,22-,24+,25-,27+,28-,29+,30+/m1/s1. The Bertz CT molecular complexity index is 921. The van der Waals surface area contributed by atoms with Crippen molar-refractivity contribution in [1.29, 1.82) is 0 Å². The van der Waals surface area contributed by atoms with Gasteiger partial charge < -0.3 is 25.5 Å². The fourth-order valence-corrected chi connectivity index (χ4v) is 9.80. The molecule has 4 aliphatic rings. The van der Waals surface area contributed by atoms with Gasteiger partial charge in [-0.05, 0) is 92.8 Å². The number of hydrogen-bond donors (Lipinski definition) is 5. The predicted octanol–water partition coefficient (Wildman–Crippen LogP) is 3.77. The van der Waals surface area contributed by atoms with Crippen LogP contribution in [-0.4, -0.2) is 61.8 Å². The van der Waals surface area contributed by atoms with E-state index in [4.69, 9.17) is 0 Å². The first kappa shape index (κ1) is 28.2. The van der Waals surface area contributed by atoms with Crippen molar-refractivity contribution in [3.63, 3.8) is 0 Å². The first-order valence-corrected chi connectivity index (χ1v) is 14.1. The molecule has 0 bridgehead atoms. The third kappa shape index (κ3) is 3.80. The molecular weight excluding hydrogens is 456 g/mol. The van der Waals surface area contributed by atoms with E-state index in [1.54, 1.807) is 0 Å². The van der Waals surface area contributed by atoms with E-state index in [2.05, 4.69) is 27.7 Å². The van der Waals surface area contributed by atoms with Crippen LogP contribution in [0.25, 0.3) is 0 Å². The molecule has 206 valence electrons. The molecule has 3 saturated carbocycles. The summed E-state index contributed by atoms with van der Waals surface area (Å²) in [6.45, 7) is 13.9. The van der Waals surface area contributed by atoms with Gasteiger partial charge in [0, 0.05) is 6.42 Å². The monoisotopic (exact) mass is 506 g/mol. The number of hydrogen-bond acceptors (Lipinski definition) is 6. The molecule has 4 rings (SSSR count). The largest absolute Gasteiger partial charge is 0.395 e. The summed E-state index contributed by atoms with van der Waals surface area (Å²) < 4.78 is 0. The van der Waals surface area contributed by atoms with Crippen molar-refractivity contribution in [3.05, 3.63) is 11.1 Å². The van der Waals surface area contributed by atoms with Gasteiger partial charge in [-0.3, -0.25) is 4.79 Å². The molecule has 0 aliphatic heterocycles. The van der Waals surface area contributed by atoms with E-state index < -0.39 is 29.3 Å². The number of rotatable bonds is 6. The summed E-state index contributed by atoms with van der Waals surface area (Å²) >= 11 is 0. The van der Waals surface area contributed by atoms with Crippen molar-refractivity contribution in [2.24, 2.45) is 39.4 Å². The Hall–Kier alpha value is -0.790. The van der Waals surface area contributed by atoms with E-state index in [-0.39, 0.29) is 46.4 Å². The van der Waals surface area contributed by atoms with Gasteiger partial charge in [0.25, 0.3) is 0 Å². The number of ketones is 1. The molecule has 10 atom stereocenters. The highest BCUT2D eigenvalue weighted by atomic mass is 16.4. The van der Waals surface area contributed by atoms with Gasteiger partial charge in [-0.15, -0.1) is 0 Å². The smallest absolute Gasteiger partial charge is 0.141 e. The minimum atomic E-state index is -1.37. The topological polar surface area (TPSA) is 118 Å². The van der Waals surface area contributed by atoms with E-state index in [1.807, 2.05) is 6.92 Å². The predicted molar refractivity (Wildman–Crippen MR) is 139 cm³/mol. The van der Waals surface area contributed by atoms with Gasteiger partial charge in [-0.25, -0.2) is 0 Å². The lowest BCUT2D eigenvalue weighted by Crippen LogP contribution is -2.66. The molecule has 6 heteroatoms. The van der Waals surface area contributed by atoms with Crippen LogP contribution in [0, 0.1) is 39.4 Å². The fourth-order valence-electron chi connectivity index (χ4n) is 9.80. The number of aliphatic hydroxyl groups is 5. The van der Waals surface area contributed by atoms with Crippen molar-refractivity contribution in [3.8, 4) is 0 Å². The Morgan fingerprint density at radius 3 is 2.28 bits per heavy atom. The number of Topliss-reactive ketones (excluding diaryl/α,β-unsaturated/α-hetero) is 1. The highest BCUT2D eigenvalue weighted by Gasteiger charge is 2.69. The number of fused-ring (bicyclic) bond motifs is 5. The second-order valence-corrected chi connectivity index (χ2v) is 14.4. The van der Waals surface area contributed by atoms with Gasteiger partial charge in [-0.2, -0.15) is 0 Å². The van der Waals surface area contributed by atoms with Crippen LogP contribution in [0.5, 0.6) is 0 Å². The van der Waals surface area contributed by atoms with Crippen LogP contribution in [0.3, 0.4) is 0 Å². The van der Waals surface area contributed by atoms with Crippen LogP contribution < -0.4 is 0 Å². The van der Waals surface area contributed by atoms with Gasteiger partial charge in [0.2, 0.25) is 0 Å². The maximum atomic E-state index is 12.9. The highest BCUT2D eigenvalue weighted by molar-refractivity contribution is 5.86. The molecule has 0 aromatic carbocycles. The average molecular weight is 507 g/mol. The number of carbonyl (C=O) groups is 1. The summed E-state index contributed by atoms with van der Waals surface area (Å²) in [5.74, 6) is 0.320. The van der Waals surface area contributed by atoms with E-state index in [0.29, 0.717) is 19.3 Å². The normalized spacial score (nSPS) is 45.6. The number of allylic oxidation sites excluding steroid dienone is 1. The molecular formula is C30H50O6. The van der Waals surface area contributed by atoms with Gasteiger partial charge in [0.15, 0.2) is 0 Å². The summed E-state index contributed by atoms with van der Waals surface area (Å²) in [5.41, 5.74) is 0.0853. The summed E-state index contributed by atoms with van der Waals surface area (Å²) in [6, 6.07) is 0. The van der Waals surface area contributed by atoms with Gasteiger partial charge >= 0.3 is 0 Å². The molecule has 0 spiro atoms. The molecule has 5 N–H and O–H groups in total. The van der Waals surface area contributed by atoms with Crippen LogP contribution >= 0.6 is 0 Å². The van der Waals surface area contributed by atoms with E-state index in [1.165, 1.54) is 25.0 Å². The zero-order valence-electron chi connectivity index (χ0n) is 23.5. The molecule has 36 heavy (non-hydrogen) atoms. The second-order valence-electron chi connectivity index (χ2n) is 14.4. The molecule has 6 nitrogen and oxygen atoms in total. The summed E-state index contributed by atoms with van der Waals surface area (Å²) in [7, 11) is 0. The maximum absolute atomic E-state index is 12.9. The molecule has 0 saturated heterocycles. The van der Waals surface area contributed by atoms with E-state index >= 15 is 0 Å². The first-order chi connectivity index (χ1) is 16.5. The molecule has 0 radical (unpaired) electrons. The Kier molecular flexibility index (Phi) is 6.96. The van der Waals surface area contributed by atoms with Crippen molar-refractivity contribution in [2.45, 2.75) is 124 Å². The summed E-state index contributed by atoms with van der Waals surface area (Å²) in [4.78, 5) is 12.9. The van der Waals surface area contributed by atoms with Gasteiger partial charge in [0.1, 0.15) is 11.9 Å². The molecule has 0 unspecified atom stereocenters. The second kappa shape index (κ2) is 8.87. The van der Waals surface area contributed by atoms with Crippen LogP contribution in [0.4, 0.5) is 0 Å². The zero-order chi connectivity index (χ0) is 27.1. The summed E-state index contributed by atoms with van der Waals surface area (Å²) in [5, 5.41) is 53.3. The zero-order valence-corrected chi connectivity index (χ0v) is 23.5. The SMILES string of the molecule is C[C@H](C[C@H](O)[C@@H](O)C(C)(C)O)C1=C2C[C@H](O)[C@H]3[C@@]4(C)CCC(=O)[C@](C)(CO)[C@@H]4CC[C@]3(C)[C@@]2(C)CC1. The minimum absolute atomic E-state index is 0.0399. The highest BCUT2D eigenvalue weighted by Crippen LogP contribution is 2.74. The van der Waals surface area contributed by atoms with Crippen LogP contribution in [0.2, 0.25) is 0 Å². The minimum Gasteiger partial charge on any atom is -0.395 e. The van der Waals surface area contributed by atoms with Crippen molar-refractivity contribution < 1.29 is 30.3 Å². The Labute approximate surface area is 217 Å². The van der Waals surface area contributed by atoms with Crippen molar-refractivity contribution in [1.82, 2.24) is 0 Å². The molecule has 3 fully saturated rings. The number of carbonyl (C=O) groups excluding carboxylic acids is 1. The molecule has 0 aromatic heterocycles. The molecule has 0 aromatic rings. The lowest BCUT2D eigenvalue weighted by molar-refractivity contribution is -0.214. The average Bonchev–Trinajstić information content (AvgIpc) is 3.13. The van der Waals surface area contributed by atoms with Crippen molar-refractivity contribution >= 4 is 5.78 Å². The molecule has 0 heterocycles.